The zero-order valence-electron chi connectivity index (χ0n) is 32.9. The number of rotatable bonds is 11. The molecule has 0 spiro atoms. The molecule has 11 rings (SSSR count). The van der Waals surface area contributed by atoms with E-state index in [-0.39, 0.29) is 0 Å². The van der Waals surface area contributed by atoms with E-state index in [0.717, 1.165) is 6.42 Å². The monoisotopic (exact) mass is 734 g/mol. The molecule has 276 valence electrons. The van der Waals surface area contributed by atoms with Crippen LogP contribution in [0.1, 0.15) is 78.8 Å². The molecular formula is C55H46N2. The van der Waals surface area contributed by atoms with Crippen molar-refractivity contribution in [2.75, 3.05) is 0 Å². The number of benzene rings is 7. The van der Waals surface area contributed by atoms with Crippen LogP contribution in [-0.2, 0) is 6.42 Å². The molecule has 11 aromatic rings. The van der Waals surface area contributed by atoms with Crippen molar-refractivity contribution in [1.29, 1.82) is 0 Å². The Morgan fingerprint density at radius 2 is 0.842 bits per heavy atom. The third kappa shape index (κ3) is 5.46. The summed E-state index contributed by atoms with van der Waals surface area (Å²) in [5.41, 5.74) is 15.4. The fourth-order valence-corrected chi connectivity index (χ4v) is 9.87. The van der Waals surface area contributed by atoms with Crippen molar-refractivity contribution >= 4 is 100 Å². The fraction of sp³-hybridized carbons (Fsp3) is 0.164. The van der Waals surface area contributed by atoms with Gasteiger partial charge in [0, 0.05) is 43.1 Å². The molecule has 7 aromatic carbocycles. The van der Waals surface area contributed by atoms with Gasteiger partial charge in [0.1, 0.15) is 0 Å². The Labute approximate surface area is 333 Å². The first-order chi connectivity index (χ1) is 28.2. The van der Waals surface area contributed by atoms with Crippen LogP contribution in [-0.4, -0.2) is 8.80 Å². The van der Waals surface area contributed by atoms with Crippen molar-refractivity contribution in [3.05, 3.63) is 167 Å². The normalized spacial score (nSPS) is 12.7. The van der Waals surface area contributed by atoms with Crippen LogP contribution >= 0.6 is 0 Å². The zero-order chi connectivity index (χ0) is 38.0. The Morgan fingerprint density at radius 1 is 0.404 bits per heavy atom. The summed E-state index contributed by atoms with van der Waals surface area (Å²) < 4.78 is 5.18. The molecule has 57 heavy (non-hydrogen) atoms. The highest BCUT2D eigenvalue weighted by atomic mass is 14.9. The Balaban J connectivity index is 1.23. The highest BCUT2D eigenvalue weighted by molar-refractivity contribution is 6.45. The SMILES string of the molecule is CCCCCCCCc1ccc2c(c1)c1c3c4cc(/C=C/c5ccccc5)ccc4n4c5ccc(C)cc5c(c5c6cc(/C=C/c7ccccc7)ccc6n2c51)c34. The third-order valence-corrected chi connectivity index (χ3v) is 12.5. The second kappa shape index (κ2) is 13.7. The molecule has 2 heteroatoms. The molecule has 0 aliphatic heterocycles. The first-order valence-corrected chi connectivity index (χ1v) is 21.0. The first kappa shape index (κ1) is 33.9. The lowest BCUT2D eigenvalue weighted by molar-refractivity contribution is 0.607. The molecule has 4 aromatic heterocycles. The molecule has 0 aliphatic rings. The summed E-state index contributed by atoms with van der Waals surface area (Å²) >= 11 is 0. The van der Waals surface area contributed by atoms with Gasteiger partial charge in [-0.05, 0) is 96.1 Å². The number of fused-ring (bicyclic) bond motifs is 14. The minimum atomic E-state index is 1.12. The molecule has 0 unspecified atom stereocenters. The van der Waals surface area contributed by atoms with E-state index in [1.54, 1.807) is 0 Å². The molecule has 0 saturated heterocycles. The Hall–Kier alpha value is -6.38. The molecule has 0 amide bonds. The van der Waals surface area contributed by atoms with Crippen molar-refractivity contribution in [2.45, 2.75) is 58.8 Å². The van der Waals surface area contributed by atoms with Gasteiger partial charge in [-0.2, -0.15) is 0 Å². The predicted molar refractivity (Wildman–Crippen MR) is 248 cm³/mol. The second-order valence-corrected chi connectivity index (χ2v) is 16.3. The van der Waals surface area contributed by atoms with Crippen molar-refractivity contribution in [2.24, 2.45) is 0 Å². The molecule has 0 bridgehead atoms. The van der Waals surface area contributed by atoms with Crippen LogP contribution in [0.2, 0.25) is 0 Å². The van der Waals surface area contributed by atoms with Crippen LogP contribution in [0.15, 0.2) is 133 Å². The maximum Gasteiger partial charge on any atom is 0.0634 e. The molecule has 0 saturated carbocycles. The number of nitrogens with zero attached hydrogens (tertiary/aromatic N) is 2. The van der Waals surface area contributed by atoms with Crippen LogP contribution < -0.4 is 0 Å². The van der Waals surface area contributed by atoms with Crippen LogP contribution in [0.3, 0.4) is 0 Å². The number of aromatic nitrogens is 2. The van der Waals surface area contributed by atoms with Crippen molar-refractivity contribution in [3.8, 4) is 0 Å². The molecule has 0 N–H and O–H groups in total. The summed E-state index contributed by atoms with van der Waals surface area (Å²) in [6, 6.07) is 49.9. The van der Waals surface area contributed by atoms with Gasteiger partial charge in [-0.1, -0.05) is 154 Å². The van der Waals surface area contributed by atoms with Crippen molar-refractivity contribution < 1.29 is 0 Å². The minimum Gasteiger partial charge on any atom is -0.308 e. The molecule has 0 atom stereocenters. The lowest BCUT2D eigenvalue weighted by Gasteiger charge is -2.06. The van der Waals surface area contributed by atoms with E-state index < -0.39 is 0 Å². The van der Waals surface area contributed by atoms with E-state index in [4.69, 9.17) is 0 Å². The van der Waals surface area contributed by atoms with Crippen molar-refractivity contribution in [3.63, 3.8) is 0 Å². The van der Waals surface area contributed by atoms with Gasteiger partial charge >= 0.3 is 0 Å². The third-order valence-electron chi connectivity index (χ3n) is 12.5. The minimum absolute atomic E-state index is 1.12. The molecule has 4 heterocycles. The predicted octanol–water partition coefficient (Wildman–Crippen LogP) is 15.5. The summed E-state index contributed by atoms with van der Waals surface area (Å²) in [6.07, 6.45) is 18.0. The Kier molecular flexibility index (Phi) is 8.14. The topological polar surface area (TPSA) is 8.82 Å². The summed E-state index contributed by atoms with van der Waals surface area (Å²) in [5, 5.41) is 10.8. The summed E-state index contributed by atoms with van der Waals surface area (Å²) in [6.45, 7) is 4.53. The lowest BCUT2D eigenvalue weighted by Crippen LogP contribution is -1.87. The van der Waals surface area contributed by atoms with E-state index in [2.05, 4.69) is 180 Å². The van der Waals surface area contributed by atoms with Gasteiger partial charge in [-0.3, -0.25) is 0 Å². The Bertz CT molecular complexity index is 3320. The summed E-state index contributed by atoms with van der Waals surface area (Å²) in [4.78, 5) is 0. The quantitative estimate of drug-likeness (QED) is 0.0924. The van der Waals surface area contributed by atoms with Gasteiger partial charge in [-0.25, -0.2) is 0 Å². The van der Waals surface area contributed by atoms with Gasteiger partial charge in [-0.15, -0.1) is 0 Å². The molecule has 0 radical (unpaired) electrons. The maximum atomic E-state index is 2.60. The highest BCUT2D eigenvalue weighted by Crippen LogP contribution is 2.52. The van der Waals surface area contributed by atoms with E-state index in [9.17, 15) is 0 Å². The largest absolute Gasteiger partial charge is 0.308 e. The van der Waals surface area contributed by atoms with E-state index >= 15 is 0 Å². The average molecular weight is 735 g/mol. The molecule has 0 fully saturated rings. The number of hydrogen-bond acceptors (Lipinski definition) is 0. The van der Waals surface area contributed by atoms with E-state index in [0.29, 0.717) is 0 Å². The average Bonchev–Trinajstić information content (AvgIpc) is 3.96. The highest BCUT2D eigenvalue weighted by Gasteiger charge is 2.28. The summed E-state index contributed by atoms with van der Waals surface area (Å²) in [7, 11) is 0. The van der Waals surface area contributed by atoms with Crippen LogP contribution in [0.25, 0.3) is 100 Å². The number of unbranched alkanes of at least 4 members (excludes halogenated alkanes) is 5. The van der Waals surface area contributed by atoms with Crippen LogP contribution in [0.4, 0.5) is 0 Å². The van der Waals surface area contributed by atoms with E-state index in [1.165, 1.54) is 148 Å². The van der Waals surface area contributed by atoms with Crippen LogP contribution in [0, 0.1) is 6.92 Å². The van der Waals surface area contributed by atoms with Gasteiger partial charge in [0.15, 0.2) is 0 Å². The van der Waals surface area contributed by atoms with Gasteiger partial charge < -0.3 is 8.80 Å². The molecule has 0 aliphatic carbocycles. The Morgan fingerprint density at radius 3 is 1.39 bits per heavy atom. The lowest BCUT2D eigenvalue weighted by atomic mass is 9.95. The van der Waals surface area contributed by atoms with Crippen molar-refractivity contribution in [1.82, 2.24) is 8.80 Å². The second-order valence-electron chi connectivity index (χ2n) is 16.3. The number of hydrogen-bond donors (Lipinski definition) is 0. The number of aryl methyl sites for hydroxylation is 2. The zero-order valence-corrected chi connectivity index (χ0v) is 32.9. The van der Waals surface area contributed by atoms with Gasteiger partial charge in [0.2, 0.25) is 0 Å². The maximum absolute atomic E-state index is 2.60. The fourth-order valence-electron chi connectivity index (χ4n) is 9.87. The smallest absolute Gasteiger partial charge is 0.0634 e. The molecule has 2 nitrogen and oxygen atoms in total. The van der Waals surface area contributed by atoms with Crippen LogP contribution in [0.5, 0.6) is 0 Å². The van der Waals surface area contributed by atoms with Gasteiger partial charge in [0.05, 0.1) is 33.1 Å². The standard InChI is InChI=1S/C55H46N2/c1-3-4-5-6-7-10-19-39-25-29-47-43(33-39)52-53-45-35-41(24-22-38-17-13-9-14-18-38)26-30-48(45)56-46-28-20-36(2)32-42(46)50(54(53)56)51-44-34-40(23-21-37-15-11-8-12-16-37)27-31-49(44)57(47)55(51)52/h8-9,11-18,20-35H,3-7,10,19H2,1-2H3/b23-21+,24-22+. The van der Waals surface area contributed by atoms with Gasteiger partial charge in [0.25, 0.3) is 0 Å². The molecular weight excluding hydrogens is 689 g/mol. The van der Waals surface area contributed by atoms with E-state index in [1.807, 2.05) is 0 Å². The first-order valence-electron chi connectivity index (χ1n) is 21.0. The summed E-state index contributed by atoms with van der Waals surface area (Å²) in [5.74, 6) is 0.